The van der Waals surface area contributed by atoms with Crippen molar-refractivity contribution in [3.05, 3.63) is 39.7 Å². The van der Waals surface area contributed by atoms with Gasteiger partial charge in [-0.15, -0.1) is 0 Å². The second-order valence-electron chi connectivity index (χ2n) is 3.84. The Kier molecular flexibility index (Phi) is 3.85. The van der Waals surface area contributed by atoms with Crippen LogP contribution in [0, 0.1) is 28.4 Å². The third-order valence-electron chi connectivity index (χ3n) is 2.43. The van der Waals surface area contributed by atoms with Crippen LogP contribution in [0.2, 0.25) is 0 Å². The molecule has 0 radical (unpaired) electrons. The number of hydrogen-bond acceptors (Lipinski definition) is 8. The smallest absolute Gasteiger partial charge is 0.328 e. The first-order chi connectivity index (χ1) is 9.61. The third-order valence-corrected chi connectivity index (χ3v) is 2.43. The van der Waals surface area contributed by atoms with E-state index in [0.717, 1.165) is 0 Å². The van der Waals surface area contributed by atoms with E-state index in [2.05, 4.69) is 20.4 Å². The number of anilines is 1. The fourth-order valence-corrected chi connectivity index (χ4v) is 1.59. The van der Waals surface area contributed by atoms with Gasteiger partial charge in [-0.05, 0) is 13.0 Å². The maximum absolute atomic E-state index is 11.0. The molecule has 0 aliphatic carbocycles. The number of pyridine rings is 1. The minimum atomic E-state index is -0.634. The van der Waals surface area contributed by atoms with E-state index in [1.54, 1.807) is 13.0 Å². The summed E-state index contributed by atoms with van der Waals surface area (Å²) in [4.78, 5) is 18.2. The molecule has 0 aliphatic rings. The zero-order valence-electron chi connectivity index (χ0n) is 10.5. The highest BCUT2D eigenvalue weighted by atomic mass is 16.6. The first-order valence-corrected chi connectivity index (χ1v) is 5.68. The maximum Gasteiger partial charge on any atom is 0.328 e. The first kappa shape index (κ1) is 13.4. The van der Waals surface area contributed by atoms with Crippen LogP contribution in [-0.4, -0.2) is 26.6 Å². The summed E-state index contributed by atoms with van der Waals surface area (Å²) in [5.74, 6) is 0.995. The molecule has 0 fully saturated rings. The molecule has 2 heterocycles. The van der Waals surface area contributed by atoms with E-state index in [9.17, 15) is 10.1 Å². The van der Waals surface area contributed by atoms with E-state index >= 15 is 0 Å². The lowest BCUT2D eigenvalue weighted by atomic mass is 10.2. The van der Waals surface area contributed by atoms with Crippen LogP contribution in [0.5, 0.6) is 0 Å². The highest BCUT2D eigenvalue weighted by molar-refractivity contribution is 5.63. The zero-order valence-corrected chi connectivity index (χ0v) is 10.5. The monoisotopic (exact) mass is 274 g/mol. The van der Waals surface area contributed by atoms with Gasteiger partial charge in [0.15, 0.2) is 5.82 Å². The van der Waals surface area contributed by atoms with Gasteiger partial charge in [-0.3, -0.25) is 10.1 Å². The van der Waals surface area contributed by atoms with Crippen molar-refractivity contribution in [3.63, 3.8) is 0 Å². The fraction of sp³-hybridized carbons (Fsp3) is 0.273. The number of nitriles is 1. The number of nitrogens with zero attached hydrogens (tertiary/aromatic N) is 5. The molecule has 0 aromatic carbocycles. The van der Waals surface area contributed by atoms with Crippen molar-refractivity contribution in [3.8, 4) is 6.07 Å². The summed E-state index contributed by atoms with van der Waals surface area (Å²) in [5, 5.41) is 26.3. The summed E-state index contributed by atoms with van der Waals surface area (Å²) in [6, 6.07) is 3.06. The SMILES string of the molecule is Cc1noc(CCNc2nccc(C#N)c2[N+](=O)[O-])n1. The average molecular weight is 274 g/mol. The first-order valence-electron chi connectivity index (χ1n) is 5.68. The Balaban J connectivity index is 2.10. The van der Waals surface area contributed by atoms with Crippen LogP contribution in [0.3, 0.4) is 0 Å². The lowest BCUT2D eigenvalue weighted by Gasteiger charge is -2.04. The van der Waals surface area contributed by atoms with Crippen LogP contribution in [0.25, 0.3) is 0 Å². The van der Waals surface area contributed by atoms with Gasteiger partial charge in [0.05, 0.1) is 4.92 Å². The van der Waals surface area contributed by atoms with Gasteiger partial charge in [-0.25, -0.2) is 4.98 Å². The van der Waals surface area contributed by atoms with Crippen molar-refractivity contribution < 1.29 is 9.45 Å². The summed E-state index contributed by atoms with van der Waals surface area (Å²) < 4.78 is 4.92. The van der Waals surface area contributed by atoms with Crippen molar-refractivity contribution in [2.24, 2.45) is 0 Å². The Morgan fingerprint density at radius 3 is 3.00 bits per heavy atom. The lowest BCUT2D eigenvalue weighted by molar-refractivity contribution is -0.384. The molecule has 9 nitrogen and oxygen atoms in total. The van der Waals surface area contributed by atoms with Gasteiger partial charge in [0.2, 0.25) is 11.7 Å². The van der Waals surface area contributed by atoms with Gasteiger partial charge in [0.25, 0.3) is 0 Å². The van der Waals surface area contributed by atoms with Gasteiger partial charge >= 0.3 is 5.69 Å². The largest absolute Gasteiger partial charge is 0.364 e. The molecule has 0 spiro atoms. The van der Waals surface area contributed by atoms with Crippen LogP contribution in [0.1, 0.15) is 17.3 Å². The van der Waals surface area contributed by atoms with Gasteiger partial charge in [-0.2, -0.15) is 10.2 Å². The molecule has 9 heteroatoms. The summed E-state index contributed by atoms with van der Waals surface area (Å²) in [6.07, 6.45) is 1.74. The number of aromatic nitrogens is 3. The maximum atomic E-state index is 11.0. The Bertz CT molecular complexity index is 675. The molecule has 2 rings (SSSR count). The molecule has 0 atom stereocenters. The molecule has 2 aromatic rings. The lowest BCUT2D eigenvalue weighted by Crippen LogP contribution is -2.09. The number of nitro groups is 1. The number of rotatable bonds is 5. The highest BCUT2D eigenvalue weighted by Crippen LogP contribution is 2.25. The minimum absolute atomic E-state index is 0.0406. The molecule has 0 bridgehead atoms. The molecule has 1 N–H and O–H groups in total. The Hall–Kier alpha value is -3.02. The van der Waals surface area contributed by atoms with E-state index < -0.39 is 4.92 Å². The van der Waals surface area contributed by atoms with Crippen LogP contribution in [-0.2, 0) is 6.42 Å². The Morgan fingerprint density at radius 2 is 2.40 bits per heavy atom. The topological polar surface area (TPSA) is 131 Å². The van der Waals surface area contributed by atoms with Crippen molar-refractivity contribution in [2.75, 3.05) is 11.9 Å². The molecule has 0 saturated heterocycles. The molecule has 0 aliphatic heterocycles. The van der Waals surface area contributed by atoms with Gasteiger partial charge < -0.3 is 9.84 Å². The molecule has 20 heavy (non-hydrogen) atoms. The number of hydrogen-bond donors (Lipinski definition) is 1. The second kappa shape index (κ2) is 5.75. The van der Waals surface area contributed by atoms with Crippen LogP contribution >= 0.6 is 0 Å². The van der Waals surface area contributed by atoms with E-state index in [0.29, 0.717) is 24.7 Å². The highest BCUT2D eigenvalue weighted by Gasteiger charge is 2.20. The van der Waals surface area contributed by atoms with Crippen molar-refractivity contribution in [1.82, 2.24) is 15.1 Å². The molecule has 0 saturated carbocycles. The van der Waals surface area contributed by atoms with E-state index in [1.165, 1.54) is 12.3 Å². The van der Waals surface area contributed by atoms with Gasteiger partial charge in [0.1, 0.15) is 11.6 Å². The van der Waals surface area contributed by atoms with Crippen LogP contribution in [0.4, 0.5) is 11.5 Å². The zero-order chi connectivity index (χ0) is 14.5. The van der Waals surface area contributed by atoms with E-state index in [1.807, 2.05) is 0 Å². The summed E-state index contributed by atoms with van der Waals surface area (Å²) >= 11 is 0. The Morgan fingerprint density at radius 1 is 1.60 bits per heavy atom. The van der Waals surface area contributed by atoms with Gasteiger partial charge in [-0.1, -0.05) is 5.16 Å². The van der Waals surface area contributed by atoms with Crippen LogP contribution < -0.4 is 5.32 Å². The fourth-order valence-electron chi connectivity index (χ4n) is 1.59. The normalized spacial score (nSPS) is 10.0. The van der Waals surface area contributed by atoms with E-state index in [-0.39, 0.29) is 17.1 Å². The van der Waals surface area contributed by atoms with Crippen LogP contribution in [0.15, 0.2) is 16.8 Å². The molecule has 0 unspecified atom stereocenters. The van der Waals surface area contributed by atoms with Crippen molar-refractivity contribution in [2.45, 2.75) is 13.3 Å². The molecule has 0 amide bonds. The summed E-state index contributed by atoms with van der Waals surface area (Å²) in [7, 11) is 0. The molecule has 2 aromatic heterocycles. The van der Waals surface area contributed by atoms with Crippen molar-refractivity contribution in [1.29, 1.82) is 5.26 Å². The third kappa shape index (κ3) is 2.86. The average Bonchev–Trinajstić information content (AvgIpc) is 2.83. The quantitative estimate of drug-likeness (QED) is 0.635. The number of nitrogens with one attached hydrogen (secondary N) is 1. The molecular weight excluding hydrogens is 264 g/mol. The predicted octanol–water partition coefficient (Wildman–Crippen LogP) is 1.21. The molecule has 102 valence electrons. The predicted molar refractivity (Wildman–Crippen MR) is 66.8 cm³/mol. The Labute approximate surface area is 113 Å². The minimum Gasteiger partial charge on any atom is -0.364 e. The molecular formula is C11H10N6O3. The second-order valence-corrected chi connectivity index (χ2v) is 3.84. The van der Waals surface area contributed by atoms with Gasteiger partial charge in [0, 0.05) is 19.2 Å². The standard InChI is InChI=1S/C11H10N6O3/c1-7-15-9(20-16-7)3-5-14-11-10(17(18)19)8(6-12)2-4-13-11/h2,4H,3,5H2,1H3,(H,13,14). The van der Waals surface area contributed by atoms with Crippen molar-refractivity contribution >= 4 is 11.5 Å². The number of aryl methyl sites for hydroxylation is 1. The van der Waals surface area contributed by atoms with E-state index in [4.69, 9.17) is 9.78 Å². The summed E-state index contributed by atoms with van der Waals surface area (Å²) in [5.41, 5.74) is -0.377. The summed E-state index contributed by atoms with van der Waals surface area (Å²) in [6.45, 7) is 2.02.